The minimum atomic E-state index is 1.04. The van der Waals surface area contributed by atoms with Crippen molar-refractivity contribution in [1.82, 2.24) is 4.98 Å². The summed E-state index contributed by atoms with van der Waals surface area (Å²) >= 11 is 0. The van der Waals surface area contributed by atoms with Crippen LogP contribution in [0.4, 0.5) is 0 Å². The largest absolute Gasteiger partial charge is 0.256 e. The molecule has 0 spiro atoms. The van der Waals surface area contributed by atoms with Crippen LogP contribution in [0.25, 0.3) is 21.7 Å². The van der Waals surface area contributed by atoms with Crippen molar-refractivity contribution in [3.63, 3.8) is 0 Å². The molecule has 0 saturated heterocycles. The molecule has 0 amide bonds. The molecule has 0 aliphatic rings. The third kappa shape index (κ3) is 0.990. The first-order chi connectivity index (χ1) is 6.95. The third-order valence-electron chi connectivity index (χ3n) is 2.42. The van der Waals surface area contributed by atoms with E-state index in [1.807, 2.05) is 30.5 Å². The molecule has 1 aromatic heterocycles. The highest BCUT2D eigenvalue weighted by Gasteiger charge is 1.98. The van der Waals surface area contributed by atoms with Crippen LogP contribution in [0, 0.1) is 6.07 Å². The molecule has 3 rings (SSSR count). The maximum absolute atomic E-state index is 4.32. The highest BCUT2D eigenvalue weighted by Crippen LogP contribution is 2.22. The van der Waals surface area contributed by atoms with Crippen LogP contribution in [0.15, 0.2) is 48.7 Å². The second kappa shape index (κ2) is 2.81. The Balaban J connectivity index is 2.61. The van der Waals surface area contributed by atoms with Crippen molar-refractivity contribution in [2.24, 2.45) is 0 Å². The Hall–Kier alpha value is -1.89. The lowest BCUT2D eigenvalue weighted by molar-refractivity contribution is 1.42. The maximum atomic E-state index is 4.32. The van der Waals surface area contributed by atoms with Gasteiger partial charge in [-0.2, -0.15) is 0 Å². The predicted molar refractivity (Wildman–Crippen MR) is 58.1 cm³/mol. The van der Waals surface area contributed by atoms with Gasteiger partial charge in [0.15, 0.2) is 0 Å². The van der Waals surface area contributed by atoms with E-state index in [2.05, 4.69) is 29.2 Å². The summed E-state index contributed by atoms with van der Waals surface area (Å²) in [4.78, 5) is 4.32. The molecular weight excluding hydrogens is 170 g/mol. The summed E-state index contributed by atoms with van der Waals surface area (Å²) in [6, 6.07) is 17.4. The Bertz CT molecular complexity index is 544. The number of hydrogen-bond acceptors (Lipinski definition) is 1. The summed E-state index contributed by atoms with van der Waals surface area (Å²) in [5.74, 6) is 0. The average molecular weight is 178 g/mol. The van der Waals surface area contributed by atoms with Crippen molar-refractivity contribution in [2.75, 3.05) is 0 Å². The standard InChI is InChI=1S/C13H8N/c1-2-5-11-10(4-1)7-8-13-12(11)6-3-9-14-13/h1-3,5-9H. The summed E-state index contributed by atoms with van der Waals surface area (Å²) in [5, 5.41) is 3.56. The van der Waals surface area contributed by atoms with Crippen molar-refractivity contribution in [3.05, 3.63) is 54.7 Å². The first kappa shape index (κ1) is 7.51. The van der Waals surface area contributed by atoms with Crippen molar-refractivity contribution < 1.29 is 0 Å². The molecule has 65 valence electrons. The van der Waals surface area contributed by atoms with E-state index in [4.69, 9.17) is 0 Å². The minimum Gasteiger partial charge on any atom is -0.256 e. The molecular formula is C13H8N. The van der Waals surface area contributed by atoms with Gasteiger partial charge in [0, 0.05) is 11.6 Å². The molecule has 0 atom stereocenters. The smallest absolute Gasteiger partial charge is 0.0708 e. The van der Waals surface area contributed by atoms with Crippen LogP contribution in [0.3, 0.4) is 0 Å². The quantitative estimate of drug-likeness (QED) is 0.482. The normalized spacial score (nSPS) is 10.9. The number of aromatic nitrogens is 1. The van der Waals surface area contributed by atoms with Crippen LogP contribution in [-0.4, -0.2) is 4.98 Å². The van der Waals surface area contributed by atoms with Gasteiger partial charge in [-0.1, -0.05) is 30.3 Å². The zero-order valence-electron chi connectivity index (χ0n) is 7.57. The fourth-order valence-corrected chi connectivity index (χ4v) is 1.76. The Kier molecular flexibility index (Phi) is 1.51. The second-order valence-corrected chi connectivity index (χ2v) is 3.27. The molecule has 3 aromatic rings. The van der Waals surface area contributed by atoms with Gasteiger partial charge in [-0.05, 0) is 29.0 Å². The topological polar surface area (TPSA) is 12.9 Å². The Morgan fingerprint density at radius 1 is 0.929 bits per heavy atom. The molecule has 1 heteroatoms. The third-order valence-corrected chi connectivity index (χ3v) is 2.42. The van der Waals surface area contributed by atoms with E-state index in [0.29, 0.717) is 0 Å². The number of hydrogen-bond donors (Lipinski definition) is 0. The first-order valence-electron chi connectivity index (χ1n) is 4.59. The molecule has 1 nitrogen and oxygen atoms in total. The van der Waals surface area contributed by atoms with E-state index in [9.17, 15) is 0 Å². The van der Waals surface area contributed by atoms with E-state index in [-0.39, 0.29) is 0 Å². The minimum absolute atomic E-state index is 1.04. The summed E-state index contributed by atoms with van der Waals surface area (Å²) in [6.07, 6.45) is 1.82. The number of rotatable bonds is 0. The molecule has 14 heavy (non-hydrogen) atoms. The predicted octanol–water partition coefficient (Wildman–Crippen LogP) is 3.19. The highest BCUT2D eigenvalue weighted by atomic mass is 14.6. The molecule has 0 aliphatic carbocycles. The molecule has 0 bridgehead atoms. The highest BCUT2D eigenvalue weighted by molar-refractivity contribution is 6.05. The number of nitrogens with zero attached hydrogens (tertiary/aromatic N) is 1. The first-order valence-corrected chi connectivity index (χ1v) is 4.59. The van der Waals surface area contributed by atoms with E-state index >= 15 is 0 Å². The lowest BCUT2D eigenvalue weighted by atomic mass is 10.1. The van der Waals surface area contributed by atoms with Gasteiger partial charge in [0.2, 0.25) is 0 Å². The number of pyridine rings is 1. The second-order valence-electron chi connectivity index (χ2n) is 3.27. The van der Waals surface area contributed by atoms with Crippen LogP contribution < -0.4 is 0 Å². The van der Waals surface area contributed by atoms with Crippen LogP contribution in [0.1, 0.15) is 0 Å². The molecule has 0 unspecified atom stereocenters. The van der Waals surface area contributed by atoms with Gasteiger partial charge in [0.25, 0.3) is 0 Å². The summed E-state index contributed by atoms with van der Waals surface area (Å²) in [7, 11) is 0. The van der Waals surface area contributed by atoms with Crippen LogP contribution in [-0.2, 0) is 0 Å². The van der Waals surface area contributed by atoms with Crippen molar-refractivity contribution in [3.8, 4) is 0 Å². The van der Waals surface area contributed by atoms with Gasteiger partial charge >= 0.3 is 0 Å². The Morgan fingerprint density at radius 3 is 2.86 bits per heavy atom. The maximum Gasteiger partial charge on any atom is 0.0708 e. The number of fused-ring (bicyclic) bond motifs is 3. The summed E-state index contributed by atoms with van der Waals surface area (Å²) < 4.78 is 0. The molecule has 0 saturated carbocycles. The molecule has 1 radical (unpaired) electrons. The number of benzene rings is 2. The van der Waals surface area contributed by atoms with Gasteiger partial charge in [-0.25, -0.2) is 0 Å². The molecule has 2 aromatic carbocycles. The fraction of sp³-hybridized carbons (Fsp3) is 0. The molecule has 0 N–H and O–H groups in total. The van der Waals surface area contributed by atoms with Crippen LogP contribution >= 0.6 is 0 Å². The van der Waals surface area contributed by atoms with Gasteiger partial charge in [0.1, 0.15) is 0 Å². The summed E-state index contributed by atoms with van der Waals surface area (Å²) in [6.45, 7) is 0. The van der Waals surface area contributed by atoms with Crippen LogP contribution in [0.2, 0.25) is 0 Å². The Morgan fingerprint density at radius 2 is 1.86 bits per heavy atom. The van der Waals surface area contributed by atoms with E-state index in [1.165, 1.54) is 10.8 Å². The van der Waals surface area contributed by atoms with Crippen molar-refractivity contribution in [1.29, 1.82) is 0 Å². The van der Waals surface area contributed by atoms with Crippen LogP contribution in [0.5, 0.6) is 0 Å². The summed E-state index contributed by atoms with van der Waals surface area (Å²) in [5.41, 5.74) is 1.04. The van der Waals surface area contributed by atoms with Crippen molar-refractivity contribution in [2.45, 2.75) is 0 Å². The molecule has 0 aliphatic heterocycles. The zero-order chi connectivity index (χ0) is 9.38. The lowest BCUT2D eigenvalue weighted by Gasteiger charge is -2.01. The average Bonchev–Trinajstić information content (AvgIpc) is 2.29. The zero-order valence-corrected chi connectivity index (χ0v) is 7.57. The van der Waals surface area contributed by atoms with E-state index in [0.717, 1.165) is 10.9 Å². The monoisotopic (exact) mass is 178 g/mol. The van der Waals surface area contributed by atoms with Gasteiger partial charge in [-0.3, -0.25) is 4.98 Å². The van der Waals surface area contributed by atoms with Gasteiger partial charge in [0.05, 0.1) is 5.52 Å². The van der Waals surface area contributed by atoms with Gasteiger partial charge in [-0.15, -0.1) is 0 Å². The molecule has 0 fully saturated rings. The molecule has 1 heterocycles. The van der Waals surface area contributed by atoms with Crippen molar-refractivity contribution >= 4 is 21.7 Å². The van der Waals surface area contributed by atoms with Gasteiger partial charge < -0.3 is 0 Å². The van der Waals surface area contributed by atoms with E-state index < -0.39 is 0 Å². The Labute approximate surface area is 82.0 Å². The lowest BCUT2D eigenvalue weighted by Crippen LogP contribution is -1.79. The fourth-order valence-electron chi connectivity index (χ4n) is 1.76. The SMILES string of the molecule is [c]1cccc2c1ccc1ncccc12. The van der Waals surface area contributed by atoms with E-state index in [1.54, 1.807) is 0 Å².